The maximum atomic E-state index is 12.1. The number of H-pyrrole nitrogens is 1. The third-order valence-corrected chi connectivity index (χ3v) is 4.07. The van der Waals surface area contributed by atoms with Crippen molar-refractivity contribution < 1.29 is 14.7 Å². The summed E-state index contributed by atoms with van der Waals surface area (Å²) in [4.78, 5) is 30.5. The largest absolute Gasteiger partial charge is 0.481 e. The predicted octanol–water partition coefficient (Wildman–Crippen LogP) is 1.47. The molecule has 3 N–H and O–H groups in total. The van der Waals surface area contributed by atoms with Crippen molar-refractivity contribution in [1.82, 2.24) is 15.3 Å². The molecule has 0 spiro atoms. The molecule has 1 fully saturated rings. The first-order valence-electron chi connectivity index (χ1n) is 7.08. The molecule has 1 amide bonds. The van der Waals surface area contributed by atoms with E-state index in [0.717, 1.165) is 29.4 Å². The molecule has 1 aliphatic carbocycles. The van der Waals surface area contributed by atoms with Crippen LogP contribution in [-0.2, 0) is 16.0 Å². The Balaban J connectivity index is 1.68. The Hall–Kier alpha value is -2.37. The molecule has 2 aromatic rings. The molecule has 2 atom stereocenters. The number of fused-ring (bicyclic) bond motifs is 1. The van der Waals surface area contributed by atoms with E-state index in [1.165, 1.54) is 0 Å². The maximum absolute atomic E-state index is 12.1. The van der Waals surface area contributed by atoms with E-state index in [1.54, 1.807) is 12.4 Å². The minimum Gasteiger partial charge on any atom is -0.481 e. The van der Waals surface area contributed by atoms with Crippen LogP contribution in [0.2, 0.25) is 0 Å². The zero-order valence-electron chi connectivity index (χ0n) is 11.5. The Labute approximate surface area is 121 Å². The highest BCUT2D eigenvalue weighted by Gasteiger charge is 2.33. The molecular weight excluding hydrogens is 270 g/mol. The van der Waals surface area contributed by atoms with Crippen LogP contribution in [0.5, 0.6) is 0 Å². The van der Waals surface area contributed by atoms with Crippen molar-refractivity contribution in [2.24, 2.45) is 5.92 Å². The monoisotopic (exact) mass is 287 g/mol. The summed E-state index contributed by atoms with van der Waals surface area (Å²) < 4.78 is 0. The second kappa shape index (κ2) is 5.55. The second-order valence-corrected chi connectivity index (χ2v) is 5.44. The number of carboxylic acids is 1. The third kappa shape index (κ3) is 2.74. The van der Waals surface area contributed by atoms with Crippen LogP contribution in [0.15, 0.2) is 24.5 Å². The Bertz CT molecular complexity index is 680. The molecule has 1 saturated carbocycles. The Morgan fingerprint density at radius 2 is 2.29 bits per heavy atom. The molecule has 2 aromatic heterocycles. The van der Waals surface area contributed by atoms with Crippen LogP contribution in [0.4, 0.5) is 0 Å². The number of rotatable bonds is 4. The molecule has 0 aliphatic heterocycles. The van der Waals surface area contributed by atoms with Gasteiger partial charge >= 0.3 is 5.97 Å². The van der Waals surface area contributed by atoms with E-state index in [-0.39, 0.29) is 18.4 Å². The Kier molecular flexibility index (Phi) is 3.60. The fourth-order valence-electron chi connectivity index (χ4n) is 3.02. The van der Waals surface area contributed by atoms with Gasteiger partial charge in [-0.05, 0) is 30.5 Å². The van der Waals surface area contributed by atoms with Crippen LogP contribution in [0, 0.1) is 5.92 Å². The zero-order chi connectivity index (χ0) is 14.8. The van der Waals surface area contributed by atoms with Gasteiger partial charge in [-0.1, -0.05) is 6.42 Å². The lowest BCUT2D eigenvalue weighted by Crippen LogP contribution is -2.40. The number of amides is 1. The van der Waals surface area contributed by atoms with Gasteiger partial charge in [-0.15, -0.1) is 0 Å². The van der Waals surface area contributed by atoms with Gasteiger partial charge in [0.2, 0.25) is 5.91 Å². The lowest BCUT2D eigenvalue weighted by Gasteiger charge is -2.17. The van der Waals surface area contributed by atoms with Gasteiger partial charge < -0.3 is 15.4 Å². The first kappa shape index (κ1) is 13.6. The zero-order valence-corrected chi connectivity index (χ0v) is 11.5. The van der Waals surface area contributed by atoms with E-state index in [1.807, 2.05) is 12.1 Å². The summed E-state index contributed by atoms with van der Waals surface area (Å²) in [7, 11) is 0. The summed E-state index contributed by atoms with van der Waals surface area (Å²) in [6.07, 6.45) is 5.92. The third-order valence-electron chi connectivity index (χ3n) is 4.07. The van der Waals surface area contributed by atoms with E-state index in [2.05, 4.69) is 15.3 Å². The molecule has 6 heteroatoms. The lowest BCUT2D eigenvalue weighted by atomic mass is 10.0. The second-order valence-electron chi connectivity index (χ2n) is 5.44. The molecule has 6 nitrogen and oxygen atoms in total. The van der Waals surface area contributed by atoms with E-state index in [0.29, 0.717) is 6.42 Å². The number of carboxylic acid groups (broad SMARTS) is 1. The average Bonchev–Trinajstić information content (AvgIpc) is 3.06. The van der Waals surface area contributed by atoms with Crippen LogP contribution in [0.25, 0.3) is 11.0 Å². The number of carbonyl (C=O) groups excluding carboxylic acids is 1. The number of aromatic amines is 1. The van der Waals surface area contributed by atoms with E-state index in [9.17, 15) is 9.59 Å². The molecule has 0 saturated heterocycles. The fourth-order valence-corrected chi connectivity index (χ4v) is 3.02. The highest BCUT2D eigenvalue weighted by Crippen LogP contribution is 2.26. The normalized spacial score (nSPS) is 21.5. The highest BCUT2D eigenvalue weighted by atomic mass is 16.4. The van der Waals surface area contributed by atoms with Gasteiger partial charge in [0, 0.05) is 23.8 Å². The minimum absolute atomic E-state index is 0.141. The molecule has 0 aromatic carbocycles. The van der Waals surface area contributed by atoms with Crippen molar-refractivity contribution >= 4 is 22.9 Å². The minimum atomic E-state index is -0.825. The van der Waals surface area contributed by atoms with Gasteiger partial charge in [-0.2, -0.15) is 0 Å². The first-order chi connectivity index (χ1) is 10.1. The SMILES string of the molecule is O=C(Cc1c[nH]c2ncccc12)N[C@H]1CCC[C@H]1C(=O)O. The average molecular weight is 287 g/mol. The number of nitrogens with zero attached hydrogens (tertiary/aromatic N) is 1. The molecule has 1 aliphatic rings. The maximum Gasteiger partial charge on any atom is 0.308 e. The van der Waals surface area contributed by atoms with Gasteiger partial charge in [0.15, 0.2) is 0 Å². The number of aromatic nitrogens is 2. The molecule has 21 heavy (non-hydrogen) atoms. The molecule has 0 bridgehead atoms. The van der Waals surface area contributed by atoms with E-state index >= 15 is 0 Å². The Morgan fingerprint density at radius 3 is 3.10 bits per heavy atom. The van der Waals surface area contributed by atoms with E-state index < -0.39 is 11.9 Å². The molecule has 2 heterocycles. The Morgan fingerprint density at radius 1 is 1.43 bits per heavy atom. The van der Waals surface area contributed by atoms with Crippen LogP contribution >= 0.6 is 0 Å². The van der Waals surface area contributed by atoms with Crippen LogP contribution in [0.1, 0.15) is 24.8 Å². The van der Waals surface area contributed by atoms with Gasteiger partial charge in [-0.3, -0.25) is 9.59 Å². The number of carbonyl (C=O) groups is 2. The summed E-state index contributed by atoms with van der Waals surface area (Å²) in [6.45, 7) is 0. The van der Waals surface area contributed by atoms with Crippen molar-refractivity contribution in [2.75, 3.05) is 0 Å². The van der Waals surface area contributed by atoms with Crippen molar-refractivity contribution in [2.45, 2.75) is 31.7 Å². The fraction of sp³-hybridized carbons (Fsp3) is 0.400. The van der Waals surface area contributed by atoms with Crippen molar-refractivity contribution in [3.63, 3.8) is 0 Å². The number of pyridine rings is 1. The highest BCUT2D eigenvalue weighted by molar-refractivity contribution is 5.87. The number of aliphatic carboxylic acids is 1. The molecule has 110 valence electrons. The molecular formula is C15H17N3O3. The van der Waals surface area contributed by atoms with Gasteiger partial charge in [0.05, 0.1) is 12.3 Å². The number of hydrogen-bond donors (Lipinski definition) is 3. The molecule has 3 rings (SSSR count). The van der Waals surface area contributed by atoms with Crippen molar-refractivity contribution in [3.8, 4) is 0 Å². The summed E-state index contributed by atoms with van der Waals surface area (Å²) >= 11 is 0. The van der Waals surface area contributed by atoms with Crippen molar-refractivity contribution in [3.05, 3.63) is 30.1 Å². The summed E-state index contributed by atoms with van der Waals surface area (Å²) in [6, 6.07) is 3.49. The number of hydrogen-bond acceptors (Lipinski definition) is 3. The quantitative estimate of drug-likeness (QED) is 0.793. The standard InChI is InChI=1S/C15H17N3O3/c19-13(18-12-5-1-3-11(12)15(20)21)7-9-8-17-14-10(9)4-2-6-16-14/h2,4,6,8,11-12H,1,3,5,7H2,(H,16,17)(H,18,19)(H,20,21)/t11-,12+/m1/s1. The van der Waals surface area contributed by atoms with Crippen LogP contribution in [-0.4, -0.2) is 33.0 Å². The predicted molar refractivity (Wildman–Crippen MR) is 76.7 cm³/mol. The summed E-state index contributed by atoms with van der Waals surface area (Å²) in [5, 5.41) is 12.9. The van der Waals surface area contributed by atoms with Crippen molar-refractivity contribution in [1.29, 1.82) is 0 Å². The molecule has 0 unspecified atom stereocenters. The topological polar surface area (TPSA) is 95.1 Å². The smallest absolute Gasteiger partial charge is 0.308 e. The van der Waals surface area contributed by atoms with Gasteiger partial charge in [-0.25, -0.2) is 4.98 Å². The van der Waals surface area contributed by atoms with Gasteiger partial charge in [0.25, 0.3) is 0 Å². The lowest BCUT2D eigenvalue weighted by molar-refractivity contribution is -0.142. The summed E-state index contributed by atoms with van der Waals surface area (Å²) in [5.41, 5.74) is 1.63. The number of nitrogens with one attached hydrogen (secondary N) is 2. The van der Waals surface area contributed by atoms with E-state index in [4.69, 9.17) is 5.11 Å². The summed E-state index contributed by atoms with van der Waals surface area (Å²) in [5.74, 6) is -1.43. The van der Waals surface area contributed by atoms with Crippen LogP contribution in [0.3, 0.4) is 0 Å². The molecule has 0 radical (unpaired) electrons. The first-order valence-corrected chi connectivity index (χ1v) is 7.08. The van der Waals surface area contributed by atoms with Crippen LogP contribution < -0.4 is 5.32 Å². The van der Waals surface area contributed by atoms with Gasteiger partial charge in [0.1, 0.15) is 5.65 Å².